The Balaban J connectivity index is 1.70. The molecule has 1 heterocycles. The van der Waals surface area contributed by atoms with Crippen LogP contribution in [0, 0.1) is 11.3 Å². The van der Waals surface area contributed by atoms with Crippen LogP contribution < -0.4 is 4.74 Å². The molecule has 2 aliphatic rings. The van der Waals surface area contributed by atoms with Crippen LogP contribution in [0.2, 0.25) is 0 Å². The molecule has 3 atom stereocenters. The molecule has 25 heavy (non-hydrogen) atoms. The summed E-state index contributed by atoms with van der Waals surface area (Å²) in [7, 11) is 0. The van der Waals surface area contributed by atoms with Crippen LogP contribution in [0.3, 0.4) is 0 Å². The van der Waals surface area contributed by atoms with Gasteiger partial charge in [0.1, 0.15) is 11.9 Å². The summed E-state index contributed by atoms with van der Waals surface area (Å²) in [6, 6.07) is 8.37. The molecule has 0 N–H and O–H groups in total. The highest BCUT2D eigenvalue weighted by molar-refractivity contribution is 5.83. The van der Waals surface area contributed by atoms with E-state index in [0.29, 0.717) is 12.5 Å². The molecule has 1 aromatic rings. The Labute approximate surface area is 150 Å². The fraction of sp³-hybridized carbons (Fsp3) is 0.500. The van der Waals surface area contributed by atoms with Gasteiger partial charge in [-0.2, -0.15) is 0 Å². The summed E-state index contributed by atoms with van der Waals surface area (Å²) >= 11 is 0. The summed E-state index contributed by atoms with van der Waals surface area (Å²) in [4.78, 5) is 11.5. The van der Waals surface area contributed by atoms with Crippen molar-refractivity contribution in [2.45, 2.75) is 52.6 Å². The predicted octanol–water partition coefficient (Wildman–Crippen LogP) is 4.82. The van der Waals surface area contributed by atoms with Gasteiger partial charge in [-0.05, 0) is 37.8 Å². The summed E-state index contributed by atoms with van der Waals surface area (Å²) in [6.45, 7) is 11.0. The average molecular weight is 340 g/mol. The quantitative estimate of drug-likeness (QED) is 0.438. The third-order valence-corrected chi connectivity index (χ3v) is 5.65. The maximum Gasteiger partial charge on any atom is 0.330 e. The van der Waals surface area contributed by atoms with Gasteiger partial charge in [-0.25, -0.2) is 4.79 Å². The normalized spacial score (nSPS) is 30.0. The highest BCUT2D eigenvalue weighted by Crippen LogP contribution is 2.63. The smallest absolute Gasteiger partial charge is 0.330 e. The monoisotopic (exact) mass is 340 g/mol. The molecule has 0 radical (unpaired) electrons. The molecule has 1 aliphatic heterocycles. The minimum absolute atomic E-state index is 0.00372. The van der Waals surface area contributed by atoms with E-state index in [1.54, 1.807) is 6.08 Å². The Morgan fingerprint density at radius 2 is 2.04 bits per heavy atom. The van der Waals surface area contributed by atoms with E-state index in [-0.39, 0.29) is 22.9 Å². The lowest BCUT2D eigenvalue weighted by Crippen LogP contribution is -2.39. The van der Waals surface area contributed by atoms with E-state index in [0.717, 1.165) is 17.7 Å². The van der Waals surface area contributed by atoms with Gasteiger partial charge in [-0.3, -0.25) is 0 Å². The third kappa shape index (κ3) is 3.24. The van der Waals surface area contributed by atoms with Gasteiger partial charge in [0.15, 0.2) is 0 Å². The van der Waals surface area contributed by atoms with Crippen LogP contribution in [-0.4, -0.2) is 18.7 Å². The number of fused-ring (bicyclic) bond motifs is 1. The van der Waals surface area contributed by atoms with Gasteiger partial charge in [0, 0.05) is 22.5 Å². The fourth-order valence-electron chi connectivity index (χ4n) is 4.17. The van der Waals surface area contributed by atoms with Gasteiger partial charge in [0.25, 0.3) is 0 Å². The highest BCUT2D eigenvalue weighted by Gasteiger charge is 2.62. The second-order valence-electron chi connectivity index (χ2n) is 8.03. The Hall–Kier alpha value is -2.03. The van der Waals surface area contributed by atoms with E-state index >= 15 is 0 Å². The van der Waals surface area contributed by atoms with E-state index < -0.39 is 0 Å². The molecule has 0 saturated heterocycles. The SMILES string of the molecule is CCOC(=O)C=C(C)C=C[C@@H]1C[C@]1(C)C1Oc2ccccc2C1(C)C. The van der Waals surface area contributed by atoms with Crippen LogP contribution in [0.25, 0.3) is 0 Å². The lowest BCUT2D eigenvalue weighted by atomic mass is 9.74. The molecule has 1 saturated carbocycles. The average Bonchev–Trinajstić information content (AvgIpc) is 3.13. The molecule has 3 nitrogen and oxygen atoms in total. The van der Waals surface area contributed by atoms with Crippen molar-refractivity contribution in [1.82, 2.24) is 0 Å². The van der Waals surface area contributed by atoms with Crippen molar-refractivity contribution in [3.8, 4) is 5.75 Å². The standard InChI is InChI=1S/C22H28O3/c1-6-24-19(23)13-15(2)11-12-16-14-22(16,5)20-21(3,4)17-9-7-8-10-18(17)25-20/h7-13,16,20H,6,14H2,1-5H3/t16-,20?,22+/m1/s1. The molecule has 1 unspecified atom stereocenters. The van der Waals surface area contributed by atoms with Gasteiger partial charge in [-0.15, -0.1) is 0 Å². The number of ether oxygens (including phenoxy) is 2. The molecular formula is C22H28O3. The Kier molecular flexibility index (Phi) is 4.52. The Morgan fingerprint density at radius 3 is 2.72 bits per heavy atom. The maximum atomic E-state index is 11.5. The third-order valence-electron chi connectivity index (χ3n) is 5.65. The lowest BCUT2D eigenvalue weighted by Gasteiger charge is -2.31. The number of rotatable bonds is 5. The number of esters is 1. The van der Waals surface area contributed by atoms with E-state index in [1.165, 1.54) is 5.56 Å². The maximum absolute atomic E-state index is 11.5. The van der Waals surface area contributed by atoms with Crippen LogP contribution >= 0.6 is 0 Å². The number of carbonyl (C=O) groups excluding carboxylic acids is 1. The first kappa shape index (κ1) is 17.8. The minimum atomic E-state index is -0.279. The topological polar surface area (TPSA) is 35.5 Å². The molecule has 3 heteroatoms. The number of benzene rings is 1. The molecule has 1 fully saturated rings. The minimum Gasteiger partial charge on any atom is -0.489 e. The Bertz CT molecular complexity index is 729. The molecule has 0 aromatic heterocycles. The summed E-state index contributed by atoms with van der Waals surface area (Å²) in [5.41, 5.74) is 2.35. The first-order chi connectivity index (χ1) is 11.8. The van der Waals surface area contributed by atoms with E-state index in [1.807, 2.05) is 26.0 Å². The van der Waals surface area contributed by atoms with E-state index in [2.05, 4.69) is 45.0 Å². The van der Waals surface area contributed by atoms with Crippen LogP contribution in [-0.2, 0) is 14.9 Å². The van der Waals surface area contributed by atoms with Gasteiger partial charge in [0.2, 0.25) is 0 Å². The van der Waals surface area contributed by atoms with Crippen molar-refractivity contribution < 1.29 is 14.3 Å². The zero-order chi connectivity index (χ0) is 18.2. The van der Waals surface area contributed by atoms with Gasteiger partial charge < -0.3 is 9.47 Å². The molecule has 1 aromatic carbocycles. The van der Waals surface area contributed by atoms with Crippen LogP contribution in [0.5, 0.6) is 5.75 Å². The molecule has 0 spiro atoms. The molecule has 134 valence electrons. The predicted molar refractivity (Wildman–Crippen MR) is 99.6 cm³/mol. The van der Waals surface area contributed by atoms with E-state index in [4.69, 9.17) is 9.47 Å². The number of allylic oxidation sites excluding steroid dienone is 3. The zero-order valence-electron chi connectivity index (χ0n) is 15.8. The fourth-order valence-corrected chi connectivity index (χ4v) is 4.17. The second-order valence-corrected chi connectivity index (χ2v) is 8.03. The summed E-state index contributed by atoms with van der Waals surface area (Å²) in [5.74, 6) is 1.21. The zero-order valence-corrected chi connectivity index (χ0v) is 15.8. The lowest BCUT2D eigenvalue weighted by molar-refractivity contribution is -0.137. The van der Waals surface area contributed by atoms with Gasteiger partial charge in [0.05, 0.1) is 6.61 Å². The Morgan fingerprint density at radius 1 is 1.32 bits per heavy atom. The van der Waals surface area contributed by atoms with Crippen molar-refractivity contribution in [3.63, 3.8) is 0 Å². The van der Waals surface area contributed by atoms with Crippen molar-refractivity contribution in [3.05, 3.63) is 53.6 Å². The summed E-state index contributed by atoms with van der Waals surface area (Å²) in [5, 5.41) is 0. The first-order valence-electron chi connectivity index (χ1n) is 9.08. The molecule has 0 amide bonds. The summed E-state index contributed by atoms with van der Waals surface area (Å²) < 4.78 is 11.3. The van der Waals surface area contributed by atoms with Crippen molar-refractivity contribution in [2.24, 2.45) is 11.3 Å². The van der Waals surface area contributed by atoms with Crippen LogP contribution in [0.1, 0.15) is 46.6 Å². The van der Waals surface area contributed by atoms with Crippen molar-refractivity contribution in [1.29, 1.82) is 0 Å². The van der Waals surface area contributed by atoms with Crippen LogP contribution in [0.4, 0.5) is 0 Å². The molecule has 1 aliphatic carbocycles. The van der Waals surface area contributed by atoms with Crippen molar-refractivity contribution >= 4 is 5.97 Å². The second kappa shape index (κ2) is 6.36. The number of hydrogen-bond donors (Lipinski definition) is 0. The molecule has 0 bridgehead atoms. The van der Waals surface area contributed by atoms with Gasteiger partial charge >= 0.3 is 5.97 Å². The summed E-state index contributed by atoms with van der Waals surface area (Å²) in [6.07, 6.45) is 7.07. The number of carbonyl (C=O) groups is 1. The first-order valence-corrected chi connectivity index (χ1v) is 9.08. The van der Waals surface area contributed by atoms with Gasteiger partial charge in [-0.1, -0.05) is 51.1 Å². The van der Waals surface area contributed by atoms with Crippen LogP contribution in [0.15, 0.2) is 48.1 Å². The highest BCUT2D eigenvalue weighted by atomic mass is 16.5. The molecular weight excluding hydrogens is 312 g/mol. The molecule has 3 rings (SSSR count). The largest absolute Gasteiger partial charge is 0.489 e. The number of hydrogen-bond acceptors (Lipinski definition) is 3. The number of para-hydroxylation sites is 1. The van der Waals surface area contributed by atoms with E-state index in [9.17, 15) is 4.79 Å². The van der Waals surface area contributed by atoms with Crippen molar-refractivity contribution in [2.75, 3.05) is 6.61 Å².